The second kappa shape index (κ2) is 7.28. The Morgan fingerprint density at radius 3 is 2.27 bits per heavy atom. The van der Waals surface area contributed by atoms with Gasteiger partial charge in [-0.2, -0.15) is 18.2 Å². The van der Waals surface area contributed by atoms with Gasteiger partial charge in [0.15, 0.2) is 0 Å². The Labute approximate surface area is 154 Å². The van der Waals surface area contributed by atoms with E-state index in [9.17, 15) is 17.6 Å². The molecule has 0 saturated carbocycles. The monoisotopic (exact) mass is 426 g/mol. The van der Waals surface area contributed by atoms with E-state index in [1.165, 1.54) is 18.2 Å². The fraction of sp³-hybridized carbons (Fsp3) is 0.0588. The van der Waals surface area contributed by atoms with E-state index >= 15 is 0 Å². The lowest BCUT2D eigenvalue weighted by molar-refractivity contribution is -0.137. The van der Waals surface area contributed by atoms with Crippen molar-refractivity contribution in [2.75, 3.05) is 10.6 Å². The number of rotatable bonds is 4. The third-order valence-corrected chi connectivity index (χ3v) is 3.85. The number of alkyl halides is 3. The van der Waals surface area contributed by atoms with E-state index in [0.717, 1.165) is 10.5 Å². The summed E-state index contributed by atoms with van der Waals surface area (Å²) in [6.07, 6.45) is -4.04. The number of nitrogens with zero attached hydrogens (tertiary/aromatic N) is 2. The lowest BCUT2D eigenvalue weighted by Crippen LogP contribution is -2.13. The molecule has 0 aliphatic heterocycles. The summed E-state index contributed by atoms with van der Waals surface area (Å²) < 4.78 is 54.3. The number of para-hydroxylation sites is 1. The smallest absolute Gasteiger partial charge is 0.337 e. The fourth-order valence-corrected chi connectivity index (χ4v) is 2.36. The first-order valence-corrected chi connectivity index (χ1v) is 8.10. The van der Waals surface area contributed by atoms with Gasteiger partial charge in [0, 0.05) is 16.4 Å². The van der Waals surface area contributed by atoms with Gasteiger partial charge in [-0.3, -0.25) is 0 Å². The van der Waals surface area contributed by atoms with Gasteiger partial charge in [-0.1, -0.05) is 28.1 Å². The van der Waals surface area contributed by atoms with Crippen molar-refractivity contribution in [2.45, 2.75) is 6.18 Å². The molecule has 0 aliphatic rings. The number of halogens is 5. The largest absolute Gasteiger partial charge is 0.421 e. The third-order valence-electron chi connectivity index (χ3n) is 3.32. The van der Waals surface area contributed by atoms with Crippen LogP contribution in [-0.2, 0) is 6.18 Å². The molecule has 2 N–H and O–H groups in total. The van der Waals surface area contributed by atoms with E-state index < -0.39 is 23.4 Å². The van der Waals surface area contributed by atoms with Gasteiger partial charge in [0.2, 0.25) is 5.95 Å². The summed E-state index contributed by atoms with van der Waals surface area (Å²) in [6.45, 7) is 0. The summed E-state index contributed by atoms with van der Waals surface area (Å²) in [5.74, 6) is -1.29. The standard InChI is InChI=1S/C17H11BrF4N4/c18-10-5-7-11(8-6-10)24-16-23-9-12(17(20,21)22)15(26-16)25-14-4-2-1-3-13(14)19/h1-9H,(H2,23,24,25,26). The molecule has 0 saturated heterocycles. The zero-order valence-corrected chi connectivity index (χ0v) is 14.6. The van der Waals surface area contributed by atoms with Crippen molar-refractivity contribution in [3.8, 4) is 0 Å². The summed E-state index contributed by atoms with van der Waals surface area (Å²) in [5, 5.41) is 5.20. The van der Waals surface area contributed by atoms with Crippen molar-refractivity contribution >= 4 is 39.1 Å². The molecule has 0 fully saturated rings. The Hall–Kier alpha value is -2.68. The molecular weight excluding hydrogens is 416 g/mol. The van der Waals surface area contributed by atoms with Gasteiger partial charge >= 0.3 is 6.18 Å². The summed E-state index contributed by atoms with van der Waals surface area (Å²) in [5.41, 5.74) is -0.627. The van der Waals surface area contributed by atoms with E-state index in [1.807, 2.05) is 0 Å². The molecule has 9 heteroatoms. The molecule has 0 radical (unpaired) electrons. The highest BCUT2D eigenvalue weighted by molar-refractivity contribution is 9.10. The molecule has 2 aromatic carbocycles. The van der Waals surface area contributed by atoms with Crippen molar-refractivity contribution in [1.82, 2.24) is 9.97 Å². The molecule has 0 amide bonds. The number of aromatic nitrogens is 2. The molecule has 1 aromatic heterocycles. The molecule has 3 rings (SSSR count). The van der Waals surface area contributed by atoms with Crippen molar-refractivity contribution in [3.05, 3.63) is 70.6 Å². The molecule has 3 aromatic rings. The average Bonchev–Trinajstić information content (AvgIpc) is 2.58. The van der Waals surface area contributed by atoms with E-state index in [1.54, 1.807) is 24.3 Å². The normalized spacial score (nSPS) is 11.3. The van der Waals surface area contributed by atoms with E-state index in [2.05, 4.69) is 36.5 Å². The van der Waals surface area contributed by atoms with E-state index in [4.69, 9.17) is 0 Å². The highest BCUT2D eigenvalue weighted by Gasteiger charge is 2.35. The Balaban J connectivity index is 1.96. The molecule has 1 heterocycles. The van der Waals surface area contributed by atoms with Crippen molar-refractivity contribution < 1.29 is 17.6 Å². The van der Waals surface area contributed by atoms with Crippen LogP contribution in [-0.4, -0.2) is 9.97 Å². The number of hydrogen-bond acceptors (Lipinski definition) is 4. The number of benzene rings is 2. The van der Waals surface area contributed by atoms with Gasteiger partial charge in [-0.05, 0) is 36.4 Å². The zero-order valence-electron chi connectivity index (χ0n) is 13.0. The first kappa shape index (κ1) is 18.1. The second-order valence-electron chi connectivity index (χ2n) is 5.19. The minimum atomic E-state index is -4.69. The Bertz CT molecular complexity index is 913. The molecule has 0 aliphatic carbocycles. The van der Waals surface area contributed by atoms with Gasteiger partial charge in [-0.15, -0.1) is 0 Å². The van der Waals surface area contributed by atoms with Gasteiger partial charge in [0.1, 0.15) is 17.2 Å². The molecule has 0 atom stereocenters. The van der Waals surface area contributed by atoms with Crippen molar-refractivity contribution in [1.29, 1.82) is 0 Å². The molecule has 134 valence electrons. The topological polar surface area (TPSA) is 49.8 Å². The lowest BCUT2D eigenvalue weighted by atomic mass is 10.2. The Kier molecular flexibility index (Phi) is 5.08. The van der Waals surface area contributed by atoms with E-state index in [-0.39, 0.29) is 11.6 Å². The van der Waals surface area contributed by atoms with Crippen molar-refractivity contribution in [2.24, 2.45) is 0 Å². The van der Waals surface area contributed by atoms with Crippen LogP contribution < -0.4 is 10.6 Å². The van der Waals surface area contributed by atoms with Crippen LogP contribution in [0.2, 0.25) is 0 Å². The number of anilines is 4. The van der Waals surface area contributed by atoms with Crippen LogP contribution >= 0.6 is 15.9 Å². The van der Waals surface area contributed by atoms with Gasteiger partial charge in [0.25, 0.3) is 0 Å². The van der Waals surface area contributed by atoms with Crippen LogP contribution in [0.15, 0.2) is 59.2 Å². The van der Waals surface area contributed by atoms with Crippen molar-refractivity contribution in [3.63, 3.8) is 0 Å². The highest BCUT2D eigenvalue weighted by atomic mass is 79.9. The van der Waals surface area contributed by atoms with Gasteiger partial charge < -0.3 is 10.6 Å². The molecule has 26 heavy (non-hydrogen) atoms. The first-order chi connectivity index (χ1) is 12.3. The number of hydrogen-bond donors (Lipinski definition) is 2. The maximum absolute atomic E-state index is 13.8. The average molecular weight is 427 g/mol. The molecule has 0 unspecified atom stereocenters. The summed E-state index contributed by atoms with van der Waals surface area (Å²) >= 11 is 3.29. The highest BCUT2D eigenvalue weighted by Crippen LogP contribution is 2.35. The molecular formula is C17H11BrF4N4. The first-order valence-electron chi connectivity index (χ1n) is 7.31. The molecule has 4 nitrogen and oxygen atoms in total. The Morgan fingerprint density at radius 2 is 1.62 bits per heavy atom. The van der Waals surface area contributed by atoms with Crippen LogP contribution in [0.5, 0.6) is 0 Å². The maximum atomic E-state index is 13.8. The predicted molar refractivity (Wildman–Crippen MR) is 94.1 cm³/mol. The molecule has 0 bridgehead atoms. The van der Waals surface area contributed by atoms with Crippen LogP contribution in [0.25, 0.3) is 0 Å². The Morgan fingerprint density at radius 1 is 0.923 bits per heavy atom. The van der Waals surface area contributed by atoms with Crippen LogP contribution in [0.4, 0.5) is 40.7 Å². The SMILES string of the molecule is Fc1ccccc1Nc1nc(Nc2ccc(Br)cc2)ncc1C(F)(F)F. The fourth-order valence-electron chi connectivity index (χ4n) is 2.10. The summed E-state index contributed by atoms with van der Waals surface area (Å²) in [4.78, 5) is 7.56. The zero-order chi connectivity index (χ0) is 18.7. The van der Waals surface area contributed by atoms with Crippen LogP contribution in [0.1, 0.15) is 5.56 Å². The third kappa shape index (κ3) is 4.29. The predicted octanol–water partition coefficient (Wildman–Crippen LogP) is 5.88. The quantitative estimate of drug-likeness (QED) is 0.511. The minimum absolute atomic E-state index is 0.0563. The van der Waals surface area contributed by atoms with Gasteiger partial charge in [0.05, 0.1) is 5.69 Å². The van der Waals surface area contributed by atoms with E-state index in [0.29, 0.717) is 11.9 Å². The maximum Gasteiger partial charge on any atom is 0.421 e. The summed E-state index contributed by atoms with van der Waals surface area (Å²) in [6, 6.07) is 12.3. The van der Waals surface area contributed by atoms with Crippen LogP contribution in [0.3, 0.4) is 0 Å². The summed E-state index contributed by atoms with van der Waals surface area (Å²) in [7, 11) is 0. The number of nitrogens with one attached hydrogen (secondary N) is 2. The lowest BCUT2D eigenvalue weighted by Gasteiger charge is -2.15. The second-order valence-corrected chi connectivity index (χ2v) is 6.11. The molecule has 0 spiro atoms. The minimum Gasteiger partial charge on any atom is -0.337 e. The van der Waals surface area contributed by atoms with Crippen LogP contribution in [0, 0.1) is 5.82 Å². The van der Waals surface area contributed by atoms with Gasteiger partial charge in [-0.25, -0.2) is 9.37 Å².